The molecule has 0 saturated carbocycles. The Kier molecular flexibility index (Phi) is 9.14. The number of aliphatic hydroxyl groups is 1. The molecule has 3 heteroatoms. The number of carboxylic acid groups (broad SMARTS) is 1. The van der Waals surface area contributed by atoms with Crippen molar-refractivity contribution in [3.63, 3.8) is 0 Å². The van der Waals surface area contributed by atoms with E-state index in [1.54, 1.807) is 0 Å². The zero-order chi connectivity index (χ0) is 13.1. The lowest BCUT2D eigenvalue weighted by Crippen LogP contribution is -2.38. The number of carboxylic acids is 1. The highest BCUT2D eigenvalue weighted by Crippen LogP contribution is 2.23. The van der Waals surface area contributed by atoms with Gasteiger partial charge in [0.2, 0.25) is 0 Å². The number of aliphatic carboxylic acids is 1. The first-order valence-corrected chi connectivity index (χ1v) is 7.02. The minimum Gasteiger partial charge on any atom is -0.479 e. The van der Waals surface area contributed by atoms with Crippen LogP contribution in [0.3, 0.4) is 0 Å². The molecule has 0 bridgehead atoms. The smallest absolute Gasteiger partial charge is 0.335 e. The Morgan fingerprint density at radius 2 is 1.29 bits per heavy atom. The summed E-state index contributed by atoms with van der Waals surface area (Å²) in [4.78, 5) is 11.1. The molecule has 0 rings (SSSR count). The number of rotatable bonds is 11. The molecule has 2 N–H and O–H groups in total. The summed E-state index contributed by atoms with van der Waals surface area (Å²) in [6.45, 7) is 4.24. The Morgan fingerprint density at radius 1 is 0.882 bits per heavy atom. The summed E-state index contributed by atoms with van der Waals surface area (Å²) >= 11 is 0. The van der Waals surface area contributed by atoms with Crippen molar-refractivity contribution in [3.05, 3.63) is 0 Å². The van der Waals surface area contributed by atoms with E-state index in [1.807, 2.05) is 0 Å². The van der Waals surface area contributed by atoms with Crippen LogP contribution in [0.25, 0.3) is 0 Å². The maximum Gasteiger partial charge on any atom is 0.335 e. The van der Waals surface area contributed by atoms with Crippen LogP contribution in [-0.4, -0.2) is 21.8 Å². The molecule has 0 fully saturated rings. The van der Waals surface area contributed by atoms with Crippen LogP contribution >= 0.6 is 0 Å². The predicted molar refractivity (Wildman–Crippen MR) is 70.1 cm³/mol. The fourth-order valence-corrected chi connectivity index (χ4v) is 2.03. The number of unbranched alkanes of at least 4 members (excludes halogenated alkanes) is 6. The Bertz CT molecular complexity index is 190. The molecule has 0 aliphatic rings. The topological polar surface area (TPSA) is 57.5 Å². The van der Waals surface area contributed by atoms with E-state index in [0.29, 0.717) is 12.8 Å². The summed E-state index contributed by atoms with van der Waals surface area (Å²) < 4.78 is 0. The molecule has 0 spiro atoms. The molecule has 0 aromatic rings. The zero-order valence-corrected chi connectivity index (χ0v) is 11.4. The first-order valence-electron chi connectivity index (χ1n) is 7.02. The lowest BCUT2D eigenvalue weighted by molar-refractivity contribution is -0.160. The first-order chi connectivity index (χ1) is 8.06. The number of carbonyl (C=O) groups is 1. The summed E-state index contributed by atoms with van der Waals surface area (Å²) in [6, 6.07) is 0. The summed E-state index contributed by atoms with van der Waals surface area (Å²) in [5.74, 6) is -1.05. The standard InChI is InChI=1S/C14H28O3/c1-3-5-7-9-11-14(17,13(15)16)12-10-8-6-4-2/h17H,3-12H2,1-2H3,(H,15,16). The van der Waals surface area contributed by atoms with Crippen molar-refractivity contribution in [2.45, 2.75) is 83.7 Å². The maximum atomic E-state index is 11.1. The molecule has 0 aromatic heterocycles. The molecule has 17 heavy (non-hydrogen) atoms. The third-order valence-corrected chi connectivity index (χ3v) is 3.29. The minimum absolute atomic E-state index is 0.397. The van der Waals surface area contributed by atoms with Gasteiger partial charge in [-0.25, -0.2) is 4.79 Å². The number of hydrogen-bond donors (Lipinski definition) is 2. The van der Waals surface area contributed by atoms with Gasteiger partial charge in [-0.3, -0.25) is 0 Å². The SMILES string of the molecule is CCCCCCC(O)(CCCCCC)C(=O)O. The largest absolute Gasteiger partial charge is 0.479 e. The van der Waals surface area contributed by atoms with Gasteiger partial charge in [0.15, 0.2) is 5.60 Å². The first kappa shape index (κ1) is 16.4. The molecule has 0 saturated heterocycles. The van der Waals surface area contributed by atoms with Gasteiger partial charge in [-0.05, 0) is 25.7 Å². The van der Waals surface area contributed by atoms with Crippen molar-refractivity contribution in [1.82, 2.24) is 0 Å². The van der Waals surface area contributed by atoms with Crippen LogP contribution in [0.5, 0.6) is 0 Å². The minimum atomic E-state index is -1.48. The second-order valence-electron chi connectivity index (χ2n) is 4.96. The van der Waals surface area contributed by atoms with Gasteiger partial charge in [0.05, 0.1) is 0 Å². The zero-order valence-electron chi connectivity index (χ0n) is 11.4. The van der Waals surface area contributed by atoms with Crippen LogP contribution in [0.4, 0.5) is 0 Å². The van der Waals surface area contributed by atoms with Gasteiger partial charge < -0.3 is 10.2 Å². The highest BCUT2D eigenvalue weighted by Gasteiger charge is 2.34. The molecular weight excluding hydrogens is 216 g/mol. The van der Waals surface area contributed by atoms with Crippen LogP contribution in [-0.2, 0) is 4.79 Å². The molecular formula is C14H28O3. The lowest BCUT2D eigenvalue weighted by Gasteiger charge is -2.23. The molecule has 3 nitrogen and oxygen atoms in total. The van der Waals surface area contributed by atoms with Crippen molar-refractivity contribution in [2.75, 3.05) is 0 Å². The molecule has 0 amide bonds. The van der Waals surface area contributed by atoms with Crippen LogP contribution < -0.4 is 0 Å². The monoisotopic (exact) mass is 244 g/mol. The van der Waals surface area contributed by atoms with Crippen LogP contribution in [0.15, 0.2) is 0 Å². The van der Waals surface area contributed by atoms with Gasteiger partial charge in [0, 0.05) is 0 Å². The van der Waals surface area contributed by atoms with E-state index >= 15 is 0 Å². The maximum absolute atomic E-state index is 11.1. The highest BCUT2D eigenvalue weighted by atomic mass is 16.4. The van der Waals surface area contributed by atoms with E-state index < -0.39 is 11.6 Å². The second-order valence-corrected chi connectivity index (χ2v) is 4.96. The predicted octanol–water partition coefficient (Wildman–Crippen LogP) is 3.74. The van der Waals surface area contributed by atoms with Crippen molar-refractivity contribution < 1.29 is 15.0 Å². The Hall–Kier alpha value is -0.570. The molecule has 0 heterocycles. The van der Waals surface area contributed by atoms with Gasteiger partial charge in [0.1, 0.15) is 0 Å². The Labute approximate surface area is 105 Å². The lowest BCUT2D eigenvalue weighted by atomic mass is 9.90. The van der Waals surface area contributed by atoms with Gasteiger partial charge in [-0.15, -0.1) is 0 Å². The molecule has 0 aromatic carbocycles. The van der Waals surface area contributed by atoms with Gasteiger partial charge in [-0.2, -0.15) is 0 Å². The average molecular weight is 244 g/mol. The van der Waals surface area contributed by atoms with E-state index in [0.717, 1.165) is 51.4 Å². The van der Waals surface area contributed by atoms with Gasteiger partial charge in [0.25, 0.3) is 0 Å². The Balaban J connectivity index is 3.94. The van der Waals surface area contributed by atoms with Gasteiger partial charge in [-0.1, -0.05) is 52.4 Å². The average Bonchev–Trinajstić information content (AvgIpc) is 2.30. The fraction of sp³-hybridized carbons (Fsp3) is 0.929. The third-order valence-electron chi connectivity index (χ3n) is 3.29. The van der Waals surface area contributed by atoms with E-state index in [-0.39, 0.29) is 0 Å². The van der Waals surface area contributed by atoms with Gasteiger partial charge >= 0.3 is 5.97 Å². The molecule has 0 atom stereocenters. The summed E-state index contributed by atoms with van der Waals surface area (Å²) in [5, 5.41) is 19.2. The van der Waals surface area contributed by atoms with Crippen molar-refractivity contribution >= 4 is 5.97 Å². The van der Waals surface area contributed by atoms with Crippen molar-refractivity contribution in [2.24, 2.45) is 0 Å². The quantitative estimate of drug-likeness (QED) is 0.544. The van der Waals surface area contributed by atoms with Crippen LogP contribution in [0.1, 0.15) is 78.1 Å². The summed E-state index contributed by atoms with van der Waals surface area (Å²) in [6.07, 6.45) is 8.93. The van der Waals surface area contributed by atoms with Crippen molar-refractivity contribution in [3.8, 4) is 0 Å². The highest BCUT2D eigenvalue weighted by molar-refractivity contribution is 5.76. The summed E-state index contributed by atoms with van der Waals surface area (Å²) in [5.41, 5.74) is -1.48. The van der Waals surface area contributed by atoms with E-state index in [9.17, 15) is 9.90 Å². The molecule has 0 unspecified atom stereocenters. The Morgan fingerprint density at radius 3 is 1.59 bits per heavy atom. The molecule has 0 radical (unpaired) electrons. The normalized spacial score (nSPS) is 11.7. The molecule has 0 aliphatic heterocycles. The molecule has 0 aliphatic carbocycles. The van der Waals surface area contributed by atoms with E-state index in [4.69, 9.17) is 5.11 Å². The fourth-order valence-electron chi connectivity index (χ4n) is 2.03. The summed E-state index contributed by atoms with van der Waals surface area (Å²) in [7, 11) is 0. The number of hydrogen-bond acceptors (Lipinski definition) is 2. The van der Waals surface area contributed by atoms with E-state index in [1.165, 1.54) is 0 Å². The third kappa shape index (κ3) is 7.37. The van der Waals surface area contributed by atoms with Crippen molar-refractivity contribution in [1.29, 1.82) is 0 Å². The molecule has 102 valence electrons. The van der Waals surface area contributed by atoms with Crippen LogP contribution in [0, 0.1) is 0 Å². The second kappa shape index (κ2) is 9.46. The van der Waals surface area contributed by atoms with E-state index in [2.05, 4.69) is 13.8 Å². The van der Waals surface area contributed by atoms with Crippen LogP contribution in [0.2, 0.25) is 0 Å².